The number of ether oxygens (including phenoxy) is 1. The van der Waals surface area contributed by atoms with Gasteiger partial charge in [0.25, 0.3) is 0 Å². The van der Waals surface area contributed by atoms with Crippen LogP contribution in [0.1, 0.15) is 31.9 Å². The molecule has 1 rings (SSSR count). The Morgan fingerprint density at radius 3 is 2.53 bits per heavy atom. The van der Waals surface area contributed by atoms with Gasteiger partial charge in [-0.05, 0) is 29.0 Å². The van der Waals surface area contributed by atoms with Crippen LogP contribution in [0.25, 0.3) is 0 Å². The molecule has 17 heavy (non-hydrogen) atoms. The number of hydrogen-bond donors (Lipinski definition) is 2. The zero-order valence-electron chi connectivity index (χ0n) is 11.3. The van der Waals surface area contributed by atoms with Crippen molar-refractivity contribution in [3.63, 3.8) is 0 Å². The molecule has 0 bridgehead atoms. The predicted molar refractivity (Wildman–Crippen MR) is 72.5 cm³/mol. The Hall–Kier alpha value is -1.06. The van der Waals surface area contributed by atoms with E-state index in [1.807, 2.05) is 0 Å². The van der Waals surface area contributed by atoms with E-state index in [1.54, 1.807) is 7.11 Å². The van der Waals surface area contributed by atoms with Crippen molar-refractivity contribution < 1.29 is 4.74 Å². The highest BCUT2D eigenvalue weighted by Gasteiger charge is 2.18. The number of benzene rings is 1. The second-order valence-electron chi connectivity index (χ2n) is 5.24. The van der Waals surface area contributed by atoms with Gasteiger partial charge in [-0.2, -0.15) is 0 Å². The van der Waals surface area contributed by atoms with Crippen LogP contribution < -0.4 is 15.8 Å². The van der Waals surface area contributed by atoms with Crippen LogP contribution in [0.4, 0.5) is 0 Å². The van der Waals surface area contributed by atoms with Crippen molar-refractivity contribution in [3.8, 4) is 5.75 Å². The predicted octanol–water partition coefficient (Wildman–Crippen LogP) is 2.04. The zero-order chi connectivity index (χ0) is 12.9. The standard InChI is InChI=1S/C14H24N2O/c1-14(2,3)12-9-11(7-8-16-10-15)5-6-13(12)17-4/h5-6,9,16H,7-8,10,15H2,1-4H3. The molecule has 0 heterocycles. The average Bonchev–Trinajstić information content (AvgIpc) is 2.28. The minimum atomic E-state index is 0.0999. The Kier molecular flexibility index (Phi) is 4.97. The monoisotopic (exact) mass is 236 g/mol. The fraction of sp³-hybridized carbons (Fsp3) is 0.571. The molecule has 0 fully saturated rings. The molecule has 0 atom stereocenters. The van der Waals surface area contributed by atoms with Gasteiger partial charge in [-0.25, -0.2) is 0 Å². The first-order valence-corrected chi connectivity index (χ1v) is 6.07. The number of nitrogens with one attached hydrogen (secondary N) is 1. The largest absolute Gasteiger partial charge is 0.496 e. The van der Waals surface area contributed by atoms with Crippen molar-refractivity contribution in [1.82, 2.24) is 5.32 Å². The highest BCUT2D eigenvalue weighted by atomic mass is 16.5. The van der Waals surface area contributed by atoms with Crippen LogP contribution in [0.2, 0.25) is 0 Å². The smallest absolute Gasteiger partial charge is 0.122 e. The molecule has 0 saturated carbocycles. The van der Waals surface area contributed by atoms with E-state index >= 15 is 0 Å². The van der Waals surface area contributed by atoms with Crippen LogP contribution in [0.15, 0.2) is 18.2 Å². The summed E-state index contributed by atoms with van der Waals surface area (Å²) in [7, 11) is 1.72. The van der Waals surface area contributed by atoms with Gasteiger partial charge in [0.2, 0.25) is 0 Å². The fourth-order valence-electron chi connectivity index (χ4n) is 1.83. The van der Waals surface area contributed by atoms with Gasteiger partial charge < -0.3 is 15.8 Å². The summed E-state index contributed by atoms with van der Waals surface area (Å²) < 4.78 is 5.42. The van der Waals surface area contributed by atoms with Crippen molar-refractivity contribution in [2.75, 3.05) is 20.3 Å². The Morgan fingerprint density at radius 1 is 1.29 bits per heavy atom. The molecule has 0 aliphatic heterocycles. The van der Waals surface area contributed by atoms with Crippen LogP contribution in [0, 0.1) is 0 Å². The summed E-state index contributed by atoms with van der Waals surface area (Å²) in [5.74, 6) is 0.966. The third kappa shape index (κ3) is 4.02. The summed E-state index contributed by atoms with van der Waals surface area (Å²) in [6.07, 6.45) is 0.990. The molecule has 3 N–H and O–H groups in total. The molecule has 0 aromatic heterocycles. The third-order valence-electron chi connectivity index (χ3n) is 2.81. The van der Waals surface area contributed by atoms with Gasteiger partial charge in [0.15, 0.2) is 0 Å². The van der Waals surface area contributed by atoms with E-state index in [0.717, 1.165) is 18.7 Å². The molecule has 3 heteroatoms. The van der Waals surface area contributed by atoms with Gasteiger partial charge in [-0.1, -0.05) is 32.9 Å². The molecular formula is C14H24N2O. The van der Waals surface area contributed by atoms with Gasteiger partial charge >= 0.3 is 0 Å². The minimum absolute atomic E-state index is 0.0999. The Balaban J connectivity index is 2.89. The SMILES string of the molecule is COc1ccc(CCNCN)cc1C(C)(C)C. The summed E-state index contributed by atoms with van der Waals surface area (Å²) in [5, 5.41) is 3.13. The van der Waals surface area contributed by atoms with E-state index in [-0.39, 0.29) is 5.41 Å². The van der Waals surface area contributed by atoms with E-state index in [0.29, 0.717) is 6.67 Å². The number of hydrogen-bond acceptors (Lipinski definition) is 3. The Morgan fingerprint density at radius 2 is 2.00 bits per heavy atom. The van der Waals surface area contributed by atoms with Crippen molar-refractivity contribution in [2.45, 2.75) is 32.6 Å². The molecular weight excluding hydrogens is 212 g/mol. The normalized spacial score (nSPS) is 11.6. The lowest BCUT2D eigenvalue weighted by Gasteiger charge is -2.23. The van der Waals surface area contributed by atoms with Crippen LogP contribution in [0.5, 0.6) is 5.75 Å². The maximum absolute atomic E-state index is 5.42. The maximum atomic E-state index is 5.42. The fourth-order valence-corrected chi connectivity index (χ4v) is 1.83. The highest BCUT2D eigenvalue weighted by molar-refractivity contribution is 5.41. The Bertz CT molecular complexity index is 356. The molecule has 3 nitrogen and oxygen atoms in total. The van der Waals surface area contributed by atoms with Crippen molar-refractivity contribution in [3.05, 3.63) is 29.3 Å². The quantitative estimate of drug-likeness (QED) is 0.607. The van der Waals surface area contributed by atoms with Crippen molar-refractivity contribution in [1.29, 1.82) is 0 Å². The number of rotatable bonds is 5. The molecule has 0 aliphatic rings. The number of methoxy groups -OCH3 is 1. The average molecular weight is 236 g/mol. The van der Waals surface area contributed by atoms with Crippen molar-refractivity contribution >= 4 is 0 Å². The van der Waals surface area contributed by atoms with E-state index in [1.165, 1.54) is 11.1 Å². The van der Waals surface area contributed by atoms with Gasteiger partial charge in [-0.15, -0.1) is 0 Å². The molecule has 0 amide bonds. The van der Waals surface area contributed by atoms with Crippen LogP contribution >= 0.6 is 0 Å². The van der Waals surface area contributed by atoms with Crippen LogP contribution in [-0.2, 0) is 11.8 Å². The van der Waals surface area contributed by atoms with Gasteiger partial charge in [-0.3, -0.25) is 0 Å². The summed E-state index contributed by atoms with van der Waals surface area (Å²) in [6, 6.07) is 6.40. The molecule has 0 radical (unpaired) electrons. The summed E-state index contributed by atoms with van der Waals surface area (Å²) in [4.78, 5) is 0. The summed E-state index contributed by atoms with van der Waals surface area (Å²) >= 11 is 0. The van der Waals surface area contributed by atoms with Crippen LogP contribution in [-0.4, -0.2) is 20.3 Å². The Labute approximate surface area is 104 Å². The van der Waals surface area contributed by atoms with Crippen LogP contribution in [0.3, 0.4) is 0 Å². The van der Waals surface area contributed by atoms with E-state index in [9.17, 15) is 0 Å². The van der Waals surface area contributed by atoms with E-state index < -0.39 is 0 Å². The molecule has 0 aliphatic carbocycles. The highest BCUT2D eigenvalue weighted by Crippen LogP contribution is 2.31. The van der Waals surface area contributed by atoms with Gasteiger partial charge in [0.1, 0.15) is 5.75 Å². The summed E-state index contributed by atoms with van der Waals surface area (Å²) in [6.45, 7) is 8.04. The molecule has 96 valence electrons. The van der Waals surface area contributed by atoms with E-state index in [4.69, 9.17) is 10.5 Å². The first kappa shape index (κ1) is 14.0. The topological polar surface area (TPSA) is 47.3 Å². The first-order valence-electron chi connectivity index (χ1n) is 6.07. The minimum Gasteiger partial charge on any atom is -0.496 e. The first-order chi connectivity index (χ1) is 7.99. The van der Waals surface area contributed by atoms with Gasteiger partial charge in [0.05, 0.1) is 7.11 Å². The molecule has 0 saturated heterocycles. The van der Waals surface area contributed by atoms with Gasteiger partial charge in [0, 0.05) is 13.2 Å². The number of nitrogens with two attached hydrogens (primary N) is 1. The second kappa shape index (κ2) is 6.03. The molecule has 1 aromatic rings. The van der Waals surface area contributed by atoms with E-state index in [2.05, 4.69) is 44.3 Å². The maximum Gasteiger partial charge on any atom is 0.122 e. The second-order valence-corrected chi connectivity index (χ2v) is 5.24. The van der Waals surface area contributed by atoms with Crippen molar-refractivity contribution in [2.24, 2.45) is 5.73 Å². The third-order valence-corrected chi connectivity index (χ3v) is 2.81. The molecule has 0 unspecified atom stereocenters. The zero-order valence-corrected chi connectivity index (χ0v) is 11.3. The molecule has 1 aromatic carbocycles. The molecule has 0 spiro atoms. The lowest BCUT2D eigenvalue weighted by Crippen LogP contribution is -2.24. The summed E-state index contributed by atoms with van der Waals surface area (Å²) in [5.41, 5.74) is 8.08. The lowest BCUT2D eigenvalue weighted by molar-refractivity contribution is 0.397. The lowest BCUT2D eigenvalue weighted by atomic mass is 9.85.